The van der Waals surface area contributed by atoms with Crippen LogP contribution >= 0.6 is 0 Å². The summed E-state index contributed by atoms with van der Waals surface area (Å²) in [7, 11) is 0. The SMILES string of the molecule is CC(=O)c1cccc(OC(C)C(=O)N=c2ccccn2Cc2ccccc2)c1. The lowest BCUT2D eigenvalue weighted by Crippen LogP contribution is -2.28. The van der Waals surface area contributed by atoms with Gasteiger partial charge in [-0.25, -0.2) is 0 Å². The largest absolute Gasteiger partial charge is 0.481 e. The highest BCUT2D eigenvalue weighted by Gasteiger charge is 2.14. The van der Waals surface area contributed by atoms with Gasteiger partial charge in [-0.3, -0.25) is 9.59 Å². The van der Waals surface area contributed by atoms with Crippen LogP contribution in [0.1, 0.15) is 29.8 Å². The van der Waals surface area contributed by atoms with Crippen molar-refractivity contribution >= 4 is 11.7 Å². The molecule has 0 aliphatic rings. The van der Waals surface area contributed by atoms with Gasteiger partial charge in [0.25, 0.3) is 5.91 Å². The maximum Gasteiger partial charge on any atom is 0.288 e. The maximum atomic E-state index is 12.6. The van der Waals surface area contributed by atoms with Crippen molar-refractivity contribution in [3.63, 3.8) is 0 Å². The van der Waals surface area contributed by atoms with Crippen LogP contribution in [0.5, 0.6) is 5.75 Å². The lowest BCUT2D eigenvalue weighted by molar-refractivity contribution is -0.124. The zero-order chi connectivity index (χ0) is 19.9. The first-order chi connectivity index (χ1) is 13.5. The topological polar surface area (TPSA) is 60.7 Å². The summed E-state index contributed by atoms with van der Waals surface area (Å²) >= 11 is 0. The van der Waals surface area contributed by atoms with Crippen molar-refractivity contribution in [2.45, 2.75) is 26.5 Å². The van der Waals surface area contributed by atoms with E-state index in [0.29, 0.717) is 23.3 Å². The highest BCUT2D eigenvalue weighted by Crippen LogP contribution is 2.15. The van der Waals surface area contributed by atoms with E-state index in [4.69, 9.17) is 4.74 Å². The van der Waals surface area contributed by atoms with Crippen LogP contribution in [0.15, 0.2) is 84.0 Å². The second-order valence-corrected chi connectivity index (χ2v) is 6.47. The zero-order valence-corrected chi connectivity index (χ0v) is 15.9. The number of ether oxygens (including phenoxy) is 1. The molecule has 1 heterocycles. The fourth-order valence-electron chi connectivity index (χ4n) is 2.73. The second kappa shape index (κ2) is 8.95. The van der Waals surface area contributed by atoms with Crippen molar-refractivity contribution in [1.29, 1.82) is 0 Å². The molecule has 5 nitrogen and oxygen atoms in total. The first kappa shape index (κ1) is 19.3. The molecule has 5 heteroatoms. The molecule has 0 spiro atoms. The fraction of sp³-hybridized carbons (Fsp3) is 0.174. The molecule has 0 aliphatic carbocycles. The van der Waals surface area contributed by atoms with Gasteiger partial charge in [-0.2, -0.15) is 4.99 Å². The molecule has 0 saturated carbocycles. The summed E-state index contributed by atoms with van der Waals surface area (Å²) < 4.78 is 7.61. The number of hydrogen-bond acceptors (Lipinski definition) is 3. The summed E-state index contributed by atoms with van der Waals surface area (Å²) in [6, 6.07) is 22.3. The minimum atomic E-state index is -0.771. The average Bonchev–Trinajstić information content (AvgIpc) is 2.70. The Morgan fingerprint density at radius 3 is 2.50 bits per heavy atom. The second-order valence-electron chi connectivity index (χ2n) is 6.47. The van der Waals surface area contributed by atoms with Crippen LogP contribution in [-0.4, -0.2) is 22.4 Å². The molecule has 1 amide bonds. The van der Waals surface area contributed by atoms with Crippen LogP contribution in [0.25, 0.3) is 0 Å². The summed E-state index contributed by atoms with van der Waals surface area (Å²) in [6.45, 7) is 3.75. The first-order valence-corrected chi connectivity index (χ1v) is 9.08. The van der Waals surface area contributed by atoms with Crippen molar-refractivity contribution in [3.8, 4) is 5.75 Å². The normalized spacial score (nSPS) is 12.4. The Morgan fingerprint density at radius 1 is 1.00 bits per heavy atom. The van der Waals surface area contributed by atoms with Gasteiger partial charge in [0, 0.05) is 18.3 Å². The standard InChI is InChI=1S/C23H22N2O3/c1-17(26)20-11-8-12-21(15-20)28-18(2)23(27)24-22-13-6-7-14-25(22)16-19-9-4-3-5-10-19/h3-15,18H,16H2,1-2H3. The lowest BCUT2D eigenvalue weighted by atomic mass is 10.1. The molecule has 142 valence electrons. The molecular weight excluding hydrogens is 352 g/mol. The molecule has 3 aromatic rings. The summed E-state index contributed by atoms with van der Waals surface area (Å²) in [6.07, 6.45) is 1.12. The number of nitrogens with zero attached hydrogens (tertiary/aromatic N) is 2. The van der Waals surface area contributed by atoms with Gasteiger partial charge >= 0.3 is 0 Å². The number of benzene rings is 2. The number of pyridine rings is 1. The van der Waals surface area contributed by atoms with Gasteiger partial charge in [0.1, 0.15) is 11.2 Å². The molecule has 1 atom stereocenters. The molecular formula is C23H22N2O3. The summed E-state index contributed by atoms with van der Waals surface area (Å²) in [5.74, 6) is 0.0237. The van der Waals surface area contributed by atoms with E-state index in [0.717, 1.165) is 5.56 Å². The molecule has 0 bridgehead atoms. The van der Waals surface area contributed by atoms with Crippen LogP contribution in [0.2, 0.25) is 0 Å². The Balaban J connectivity index is 1.79. The monoisotopic (exact) mass is 374 g/mol. The Morgan fingerprint density at radius 2 is 1.75 bits per heavy atom. The van der Waals surface area contributed by atoms with Crippen molar-refractivity contribution in [2.75, 3.05) is 0 Å². The summed E-state index contributed by atoms with van der Waals surface area (Å²) in [5.41, 5.74) is 2.22. The van der Waals surface area contributed by atoms with Crippen LogP contribution in [0, 0.1) is 0 Å². The zero-order valence-electron chi connectivity index (χ0n) is 15.9. The molecule has 0 aliphatic heterocycles. The summed E-state index contributed by atoms with van der Waals surface area (Å²) in [4.78, 5) is 28.3. The van der Waals surface area contributed by atoms with Crippen molar-refractivity contribution in [3.05, 3.63) is 95.6 Å². The van der Waals surface area contributed by atoms with Crippen molar-refractivity contribution in [1.82, 2.24) is 4.57 Å². The van der Waals surface area contributed by atoms with Gasteiger partial charge in [-0.1, -0.05) is 48.5 Å². The van der Waals surface area contributed by atoms with Gasteiger partial charge < -0.3 is 9.30 Å². The third-order valence-corrected chi connectivity index (χ3v) is 4.24. The van der Waals surface area contributed by atoms with E-state index >= 15 is 0 Å². The van der Waals surface area contributed by atoms with E-state index in [1.54, 1.807) is 37.3 Å². The third kappa shape index (κ3) is 5.04. The molecule has 1 aromatic heterocycles. The number of ketones is 1. The molecule has 28 heavy (non-hydrogen) atoms. The number of aromatic nitrogens is 1. The van der Waals surface area contributed by atoms with E-state index in [2.05, 4.69) is 4.99 Å². The Hall–Kier alpha value is -3.47. The number of carbonyl (C=O) groups excluding carboxylic acids is 2. The Kier molecular flexibility index (Phi) is 6.17. The minimum absolute atomic E-state index is 0.0552. The Labute approximate surface area is 163 Å². The lowest BCUT2D eigenvalue weighted by Gasteiger charge is -2.12. The number of carbonyl (C=O) groups is 2. The molecule has 3 rings (SSSR count). The highest BCUT2D eigenvalue weighted by atomic mass is 16.5. The maximum absolute atomic E-state index is 12.6. The van der Waals surface area contributed by atoms with Crippen LogP contribution in [-0.2, 0) is 11.3 Å². The third-order valence-electron chi connectivity index (χ3n) is 4.24. The smallest absolute Gasteiger partial charge is 0.288 e. The minimum Gasteiger partial charge on any atom is -0.481 e. The number of hydrogen-bond donors (Lipinski definition) is 0. The molecule has 2 aromatic carbocycles. The van der Waals surface area contributed by atoms with Crippen LogP contribution in [0.3, 0.4) is 0 Å². The molecule has 0 N–H and O–H groups in total. The predicted octanol–water partition coefficient (Wildman–Crippen LogP) is 3.63. The van der Waals surface area contributed by atoms with Crippen molar-refractivity contribution in [2.24, 2.45) is 4.99 Å². The molecule has 1 unspecified atom stereocenters. The van der Waals surface area contributed by atoms with E-state index in [1.165, 1.54) is 6.92 Å². The van der Waals surface area contributed by atoms with Crippen molar-refractivity contribution < 1.29 is 14.3 Å². The number of Topliss-reactive ketones (excluding diaryl/α,β-unsaturated/α-hetero) is 1. The predicted molar refractivity (Wildman–Crippen MR) is 107 cm³/mol. The van der Waals surface area contributed by atoms with E-state index < -0.39 is 6.10 Å². The van der Waals surface area contributed by atoms with Gasteiger partial charge in [0.15, 0.2) is 11.9 Å². The molecule has 0 fully saturated rings. The average molecular weight is 374 g/mol. The number of rotatable bonds is 6. The van der Waals surface area contributed by atoms with Crippen LogP contribution < -0.4 is 10.2 Å². The molecule has 0 radical (unpaired) electrons. The quantitative estimate of drug-likeness (QED) is 0.619. The van der Waals surface area contributed by atoms with Gasteiger partial charge in [-0.05, 0) is 43.7 Å². The molecule has 0 saturated heterocycles. The van der Waals surface area contributed by atoms with Crippen LogP contribution in [0.4, 0.5) is 0 Å². The van der Waals surface area contributed by atoms with Gasteiger partial charge in [-0.15, -0.1) is 0 Å². The van der Waals surface area contributed by atoms with E-state index in [-0.39, 0.29) is 11.7 Å². The fourth-order valence-corrected chi connectivity index (χ4v) is 2.73. The van der Waals surface area contributed by atoms with E-state index in [9.17, 15) is 9.59 Å². The highest BCUT2D eigenvalue weighted by molar-refractivity contribution is 5.94. The Bertz CT molecular complexity index is 1040. The number of amides is 1. The van der Waals surface area contributed by atoms with Gasteiger partial charge in [0.2, 0.25) is 0 Å². The van der Waals surface area contributed by atoms with E-state index in [1.807, 2.05) is 53.2 Å². The summed E-state index contributed by atoms with van der Waals surface area (Å²) in [5, 5.41) is 0. The van der Waals surface area contributed by atoms with Gasteiger partial charge in [0.05, 0.1) is 0 Å². The first-order valence-electron chi connectivity index (χ1n) is 9.08.